The van der Waals surface area contributed by atoms with Gasteiger partial charge in [-0.25, -0.2) is 8.42 Å². The number of hydrogen-bond donors (Lipinski definition) is 1. The number of benzene rings is 1. The minimum atomic E-state index is -3.56. The second kappa shape index (κ2) is 5.66. The Bertz CT molecular complexity index is 562. The van der Waals surface area contributed by atoms with Gasteiger partial charge in [0.05, 0.1) is 7.11 Å². The molecule has 1 unspecified atom stereocenters. The normalized spacial score (nSPS) is 21.3. The molecule has 5 nitrogen and oxygen atoms in total. The van der Waals surface area contributed by atoms with Gasteiger partial charge >= 0.3 is 0 Å². The summed E-state index contributed by atoms with van der Waals surface area (Å²) in [5, 5.41) is 3.62. The van der Waals surface area contributed by atoms with E-state index in [0.29, 0.717) is 24.7 Å². The zero-order valence-electron chi connectivity index (χ0n) is 10.9. The van der Waals surface area contributed by atoms with Crippen LogP contribution in [0, 0.1) is 0 Å². The van der Waals surface area contributed by atoms with Gasteiger partial charge in [-0.15, -0.1) is 0 Å². The van der Waals surface area contributed by atoms with Crippen molar-refractivity contribution in [2.24, 2.45) is 0 Å². The SMILES string of the molecule is COc1cc(Cl)ccc1S(=O)(=O)N1CCNCC1C. The van der Waals surface area contributed by atoms with Gasteiger partial charge in [0.1, 0.15) is 10.6 Å². The molecule has 1 aromatic rings. The van der Waals surface area contributed by atoms with E-state index in [2.05, 4.69) is 5.32 Å². The minimum absolute atomic E-state index is 0.0841. The van der Waals surface area contributed by atoms with Crippen LogP contribution in [0.2, 0.25) is 5.02 Å². The summed E-state index contributed by atoms with van der Waals surface area (Å²) in [6, 6.07) is 4.48. The Kier molecular flexibility index (Phi) is 4.35. The number of ether oxygens (including phenoxy) is 1. The highest BCUT2D eigenvalue weighted by Gasteiger charge is 2.32. The van der Waals surface area contributed by atoms with Crippen LogP contribution in [0.4, 0.5) is 0 Å². The number of rotatable bonds is 3. The number of sulfonamides is 1. The number of methoxy groups -OCH3 is 1. The highest BCUT2D eigenvalue weighted by Crippen LogP contribution is 2.30. The number of hydrogen-bond acceptors (Lipinski definition) is 4. The molecule has 1 saturated heterocycles. The number of halogens is 1. The summed E-state index contributed by atoms with van der Waals surface area (Å²) in [5.41, 5.74) is 0. The molecule has 1 aliphatic rings. The number of piperazine rings is 1. The van der Waals surface area contributed by atoms with E-state index in [-0.39, 0.29) is 16.7 Å². The van der Waals surface area contributed by atoms with E-state index in [9.17, 15) is 8.42 Å². The summed E-state index contributed by atoms with van der Waals surface area (Å²) in [6.45, 7) is 3.63. The minimum Gasteiger partial charge on any atom is -0.495 e. The predicted octanol–water partition coefficient (Wildman–Crippen LogP) is 1.33. The van der Waals surface area contributed by atoms with Gasteiger partial charge < -0.3 is 10.1 Å². The average Bonchev–Trinajstić information content (AvgIpc) is 2.38. The van der Waals surface area contributed by atoms with Crippen molar-refractivity contribution in [1.29, 1.82) is 0 Å². The highest BCUT2D eigenvalue weighted by molar-refractivity contribution is 7.89. The van der Waals surface area contributed by atoms with Gasteiger partial charge in [0, 0.05) is 36.8 Å². The molecule has 0 bridgehead atoms. The largest absolute Gasteiger partial charge is 0.495 e. The second-order valence-corrected chi connectivity index (χ2v) is 6.76. The quantitative estimate of drug-likeness (QED) is 0.915. The Labute approximate surface area is 118 Å². The van der Waals surface area contributed by atoms with E-state index >= 15 is 0 Å². The lowest BCUT2D eigenvalue weighted by Crippen LogP contribution is -2.52. The lowest BCUT2D eigenvalue weighted by Gasteiger charge is -2.33. The van der Waals surface area contributed by atoms with Crippen molar-refractivity contribution in [3.63, 3.8) is 0 Å². The molecule has 1 heterocycles. The summed E-state index contributed by atoms with van der Waals surface area (Å²) in [4.78, 5) is 0.160. The van der Waals surface area contributed by atoms with Crippen LogP contribution in [0.25, 0.3) is 0 Å². The smallest absolute Gasteiger partial charge is 0.247 e. The number of nitrogens with one attached hydrogen (secondary N) is 1. The fourth-order valence-electron chi connectivity index (χ4n) is 2.16. The third-order valence-electron chi connectivity index (χ3n) is 3.15. The maximum atomic E-state index is 12.7. The van der Waals surface area contributed by atoms with E-state index < -0.39 is 10.0 Å². The molecule has 0 aliphatic carbocycles. The van der Waals surface area contributed by atoms with Gasteiger partial charge in [-0.05, 0) is 19.1 Å². The van der Waals surface area contributed by atoms with Crippen molar-refractivity contribution in [3.05, 3.63) is 23.2 Å². The monoisotopic (exact) mass is 304 g/mol. The van der Waals surface area contributed by atoms with Crippen LogP contribution in [0.5, 0.6) is 5.75 Å². The Morgan fingerprint density at radius 1 is 1.47 bits per heavy atom. The molecule has 19 heavy (non-hydrogen) atoms. The Morgan fingerprint density at radius 2 is 2.21 bits per heavy atom. The summed E-state index contributed by atoms with van der Waals surface area (Å²) in [5.74, 6) is 0.276. The van der Waals surface area contributed by atoms with Gasteiger partial charge in [-0.2, -0.15) is 4.31 Å². The van der Waals surface area contributed by atoms with Crippen molar-refractivity contribution >= 4 is 21.6 Å². The molecule has 0 radical (unpaired) electrons. The lowest BCUT2D eigenvalue weighted by molar-refractivity contribution is 0.282. The van der Waals surface area contributed by atoms with E-state index in [1.807, 2.05) is 6.92 Å². The molecule has 7 heteroatoms. The molecule has 0 saturated carbocycles. The highest BCUT2D eigenvalue weighted by atomic mass is 35.5. The van der Waals surface area contributed by atoms with E-state index in [1.54, 1.807) is 6.07 Å². The third-order valence-corrected chi connectivity index (χ3v) is 5.44. The zero-order valence-corrected chi connectivity index (χ0v) is 12.5. The van der Waals surface area contributed by atoms with Crippen molar-refractivity contribution in [2.45, 2.75) is 17.9 Å². The second-order valence-electron chi connectivity index (χ2n) is 4.46. The number of nitrogens with zero attached hydrogens (tertiary/aromatic N) is 1. The van der Waals surface area contributed by atoms with Crippen molar-refractivity contribution in [2.75, 3.05) is 26.7 Å². The van der Waals surface area contributed by atoms with Crippen molar-refractivity contribution in [3.8, 4) is 5.75 Å². The molecule has 106 valence electrons. The Balaban J connectivity index is 2.44. The summed E-state index contributed by atoms with van der Waals surface area (Å²) in [6.07, 6.45) is 0. The summed E-state index contributed by atoms with van der Waals surface area (Å²) < 4.78 is 32.0. The first kappa shape index (κ1) is 14.6. The fourth-order valence-corrected chi connectivity index (χ4v) is 4.09. The summed E-state index contributed by atoms with van der Waals surface area (Å²) >= 11 is 5.86. The average molecular weight is 305 g/mol. The molecule has 1 aromatic carbocycles. The molecular weight excluding hydrogens is 288 g/mol. The standard InChI is InChI=1S/C12H17ClN2O3S/c1-9-8-14-5-6-15(9)19(16,17)12-4-3-10(13)7-11(12)18-2/h3-4,7,9,14H,5-6,8H2,1-2H3. The fraction of sp³-hybridized carbons (Fsp3) is 0.500. The zero-order chi connectivity index (χ0) is 14.0. The lowest BCUT2D eigenvalue weighted by atomic mass is 10.3. The molecule has 1 aliphatic heterocycles. The van der Waals surface area contributed by atoms with Crippen LogP contribution in [-0.2, 0) is 10.0 Å². The van der Waals surface area contributed by atoms with Crippen LogP contribution in [0.1, 0.15) is 6.92 Å². The van der Waals surface area contributed by atoms with Crippen molar-refractivity contribution in [1.82, 2.24) is 9.62 Å². The maximum absolute atomic E-state index is 12.7. The van der Waals surface area contributed by atoms with Crippen molar-refractivity contribution < 1.29 is 13.2 Å². The molecule has 0 spiro atoms. The molecule has 1 atom stereocenters. The van der Waals surface area contributed by atoms with Crippen LogP contribution >= 0.6 is 11.6 Å². The molecule has 0 amide bonds. The predicted molar refractivity (Wildman–Crippen MR) is 74.2 cm³/mol. The van der Waals surface area contributed by atoms with E-state index in [4.69, 9.17) is 16.3 Å². The van der Waals surface area contributed by atoms with Crippen LogP contribution in [0.15, 0.2) is 23.1 Å². The maximum Gasteiger partial charge on any atom is 0.247 e. The van der Waals surface area contributed by atoms with Crippen LogP contribution < -0.4 is 10.1 Å². The van der Waals surface area contributed by atoms with Gasteiger partial charge in [0.2, 0.25) is 10.0 Å². The van der Waals surface area contributed by atoms with Gasteiger partial charge in [-0.3, -0.25) is 0 Å². The molecule has 1 fully saturated rings. The first-order valence-electron chi connectivity index (χ1n) is 6.03. The van der Waals surface area contributed by atoms with Crippen LogP contribution in [-0.4, -0.2) is 45.5 Å². The summed E-state index contributed by atoms with van der Waals surface area (Å²) in [7, 11) is -2.12. The molecular formula is C12H17ClN2O3S. The first-order chi connectivity index (χ1) is 8.96. The molecule has 2 rings (SSSR count). The topological polar surface area (TPSA) is 58.6 Å². The van der Waals surface area contributed by atoms with Crippen LogP contribution in [0.3, 0.4) is 0 Å². The Hall–Kier alpha value is -0.820. The molecule has 0 aromatic heterocycles. The van der Waals surface area contributed by atoms with E-state index in [0.717, 1.165) is 0 Å². The van der Waals surface area contributed by atoms with Gasteiger partial charge in [-0.1, -0.05) is 11.6 Å². The third kappa shape index (κ3) is 2.86. The Morgan fingerprint density at radius 3 is 2.84 bits per heavy atom. The van der Waals surface area contributed by atoms with E-state index in [1.165, 1.54) is 23.5 Å². The van der Waals surface area contributed by atoms with Gasteiger partial charge in [0.15, 0.2) is 0 Å². The van der Waals surface area contributed by atoms with Gasteiger partial charge in [0.25, 0.3) is 0 Å². The first-order valence-corrected chi connectivity index (χ1v) is 7.84. The molecule has 1 N–H and O–H groups in total.